The summed E-state index contributed by atoms with van der Waals surface area (Å²) in [5, 5.41) is 0. The summed E-state index contributed by atoms with van der Waals surface area (Å²) in [6, 6.07) is 6.54. The van der Waals surface area contributed by atoms with Crippen LogP contribution in [0.15, 0.2) is 24.3 Å². The van der Waals surface area contributed by atoms with Crippen LogP contribution in [-0.2, 0) is 25.9 Å². The highest BCUT2D eigenvalue weighted by molar-refractivity contribution is 7.89. The second kappa shape index (κ2) is 9.46. The van der Waals surface area contributed by atoms with Gasteiger partial charge in [-0.05, 0) is 42.9 Å². The fraction of sp³-hybridized carbons (Fsp3) is 0.647. The molecule has 0 spiro atoms. The van der Waals surface area contributed by atoms with E-state index in [0.29, 0.717) is 32.2 Å². The molecule has 0 aromatic heterocycles. The highest BCUT2D eigenvalue weighted by atomic mass is 32.2. The Kier molecular flexibility index (Phi) is 7.61. The van der Waals surface area contributed by atoms with Crippen molar-refractivity contribution in [3.05, 3.63) is 35.6 Å². The second-order valence-corrected chi connectivity index (χ2v) is 8.18. The number of benzene rings is 1. The smallest absolute Gasteiger partial charge is 0.216 e. The summed E-state index contributed by atoms with van der Waals surface area (Å²) < 4.78 is 49.2. The van der Waals surface area contributed by atoms with Crippen molar-refractivity contribution in [3.63, 3.8) is 0 Å². The Morgan fingerprint density at radius 1 is 1.12 bits per heavy atom. The first-order valence-electron chi connectivity index (χ1n) is 8.30. The maximum Gasteiger partial charge on any atom is 0.216 e. The van der Waals surface area contributed by atoms with E-state index in [2.05, 4.69) is 0 Å². The molecular formula is C17H26FNO4S. The zero-order valence-corrected chi connectivity index (χ0v) is 14.9. The van der Waals surface area contributed by atoms with Crippen LogP contribution >= 0.6 is 0 Å². The van der Waals surface area contributed by atoms with Crippen LogP contribution in [0.25, 0.3) is 0 Å². The zero-order chi connectivity index (χ0) is 17.4. The summed E-state index contributed by atoms with van der Waals surface area (Å²) in [6.07, 6.45) is 2.54. The molecule has 5 nitrogen and oxygen atoms in total. The molecule has 7 heteroatoms. The molecule has 1 fully saturated rings. The van der Waals surface area contributed by atoms with Crippen molar-refractivity contribution in [2.24, 2.45) is 5.92 Å². The molecule has 1 saturated heterocycles. The van der Waals surface area contributed by atoms with Crippen LogP contribution in [0.4, 0.5) is 4.39 Å². The average Bonchev–Trinajstić information content (AvgIpc) is 2.57. The molecule has 0 unspecified atom stereocenters. The molecule has 24 heavy (non-hydrogen) atoms. The summed E-state index contributed by atoms with van der Waals surface area (Å²) >= 11 is 0. The molecule has 0 bridgehead atoms. The lowest BCUT2D eigenvalue weighted by Gasteiger charge is -2.31. The lowest BCUT2D eigenvalue weighted by Crippen LogP contribution is -2.40. The van der Waals surface area contributed by atoms with Gasteiger partial charge >= 0.3 is 0 Å². The number of hydrogen-bond acceptors (Lipinski definition) is 4. The summed E-state index contributed by atoms with van der Waals surface area (Å²) in [5.41, 5.74) is 1.10. The number of piperidine rings is 1. The predicted octanol–water partition coefficient (Wildman–Crippen LogP) is 2.07. The van der Waals surface area contributed by atoms with Gasteiger partial charge in [-0.15, -0.1) is 0 Å². The number of ether oxygens (including phenoxy) is 2. The average molecular weight is 359 g/mol. The molecule has 0 atom stereocenters. The van der Waals surface area contributed by atoms with E-state index in [1.807, 2.05) is 0 Å². The third kappa shape index (κ3) is 6.12. The molecule has 0 amide bonds. The van der Waals surface area contributed by atoms with Crippen molar-refractivity contribution in [1.29, 1.82) is 0 Å². The summed E-state index contributed by atoms with van der Waals surface area (Å²) in [4.78, 5) is 0. The summed E-state index contributed by atoms with van der Waals surface area (Å²) in [7, 11) is -1.67. The van der Waals surface area contributed by atoms with Gasteiger partial charge in [0.1, 0.15) is 5.82 Å². The van der Waals surface area contributed by atoms with Crippen molar-refractivity contribution in [2.75, 3.05) is 45.8 Å². The third-order valence-electron chi connectivity index (χ3n) is 4.32. The van der Waals surface area contributed by atoms with Gasteiger partial charge in [-0.3, -0.25) is 0 Å². The topological polar surface area (TPSA) is 55.8 Å². The first-order valence-corrected chi connectivity index (χ1v) is 9.91. The maximum atomic E-state index is 12.9. The predicted molar refractivity (Wildman–Crippen MR) is 90.9 cm³/mol. The van der Waals surface area contributed by atoms with Gasteiger partial charge in [-0.25, -0.2) is 17.1 Å². The van der Waals surface area contributed by atoms with Crippen molar-refractivity contribution in [1.82, 2.24) is 4.31 Å². The lowest BCUT2D eigenvalue weighted by molar-refractivity contribution is 0.0780. The standard InChI is InChI=1S/C17H26FNO4S/c1-22-10-11-23-12-13-24(20,21)19-8-6-16(7-9-19)14-15-2-4-17(18)5-3-15/h2-5,16H,6-14H2,1H3. The van der Waals surface area contributed by atoms with Crippen LogP contribution in [-0.4, -0.2) is 58.5 Å². The Bertz CT molecular complexity index is 583. The van der Waals surface area contributed by atoms with Gasteiger partial charge < -0.3 is 9.47 Å². The quantitative estimate of drug-likeness (QED) is 0.634. The molecule has 0 saturated carbocycles. The highest BCUT2D eigenvalue weighted by Gasteiger charge is 2.27. The van der Waals surface area contributed by atoms with Crippen LogP contribution < -0.4 is 0 Å². The van der Waals surface area contributed by atoms with E-state index in [-0.39, 0.29) is 18.2 Å². The number of methoxy groups -OCH3 is 1. The van der Waals surface area contributed by atoms with E-state index in [1.165, 1.54) is 12.1 Å². The molecule has 1 aromatic rings. The van der Waals surface area contributed by atoms with E-state index in [0.717, 1.165) is 24.8 Å². The zero-order valence-electron chi connectivity index (χ0n) is 14.1. The number of sulfonamides is 1. The molecule has 2 rings (SSSR count). The van der Waals surface area contributed by atoms with Crippen molar-refractivity contribution < 1.29 is 22.3 Å². The first-order chi connectivity index (χ1) is 11.5. The Morgan fingerprint density at radius 2 is 1.79 bits per heavy atom. The molecule has 0 radical (unpaired) electrons. The second-order valence-electron chi connectivity index (χ2n) is 6.09. The lowest BCUT2D eigenvalue weighted by atomic mass is 9.91. The van der Waals surface area contributed by atoms with Crippen LogP contribution in [0.2, 0.25) is 0 Å². The summed E-state index contributed by atoms with van der Waals surface area (Å²) in [5.74, 6) is 0.228. The van der Waals surface area contributed by atoms with Gasteiger partial charge in [0.25, 0.3) is 0 Å². The van der Waals surface area contributed by atoms with Crippen molar-refractivity contribution >= 4 is 10.0 Å². The summed E-state index contributed by atoms with van der Waals surface area (Å²) in [6.45, 7) is 2.17. The minimum atomic E-state index is -3.25. The molecule has 1 aliphatic heterocycles. The van der Waals surface area contributed by atoms with E-state index in [4.69, 9.17) is 9.47 Å². The van der Waals surface area contributed by atoms with Gasteiger partial charge in [0.15, 0.2) is 0 Å². The van der Waals surface area contributed by atoms with Gasteiger partial charge in [-0.1, -0.05) is 12.1 Å². The molecule has 1 heterocycles. The number of rotatable bonds is 9. The van der Waals surface area contributed by atoms with Gasteiger partial charge in [0.05, 0.1) is 25.6 Å². The van der Waals surface area contributed by atoms with Crippen LogP contribution in [0.1, 0.15) is 18.4 Å². The van der Waals surface area contributed by atoms with E-state index in [1.54, 1.807) is 23.5 Å². The molecule has 1 aliphatic rings. The van der Waals surface area contributed by atoms with Gasteiger partial charge in [-0.2, -0.15) is 0 Å². The van der Waals surface area contributed by atoms with E-state index in [9.17, 15) is 12.8 Å². The Balaban J connectivity index is 1.73. The highest BCUT2D eigenvalue weighted by Crippen LogP contribution is 2.23. The Hall–Kier alpha value is -1.02. The SMILES string of the molecule is COCCOCCS(=O)(=O)N1CCC(Cc2ccc(F)cc2)CC1. The largest absolute Gasteiger partial charge is 0.382 e. The van der Waals surface area contributed by atoms with Gasteiger partial charge in [0.2, 0.25) is 10.0 Å². The molecule has 1 aromatic carbocycles. The molecule has 136 valence electrons. The fourth-order valence-electron chi connectivity index (χ4n) is 2.88. The molecule has 0 N–H and O–H groups in total. The van der Waals surface area contributed by atoms with Crippen LogP contribution in [0.3, 0.4) is 0 Å². The number of nitrogens with zero attached hydrogens (tertiary/aromatic N) is 1. The van der Waals surface area contributed by atoms with Crippen molar-refractivity contribution in [3.8, 4) is 0 Å². The number of hydrogen-bond donors (Lipinski definition) is 0. The maximum absolute atomic E-state index is 12.9. The van der Waals surface area contributed by atoms with E-state index >= 15 is 0 Å². The third-order valence-corrected chi connectivity index (χ3v) is 6.16. The number of halogens is 1. The Morgan fingerprint density at radius 3 is 2.42 bits per heavy atom. The van der Waals surface area contributed by atoms with Crippen LogP contribution in [0, 0.1) is 11.7 Å². The normalized spacial score (nSPS) is 17.2. The van der Waals surface area contributed by atoms with Gasteiger partial charge in [0, 0.05) is 20.2 Å². The fourth-order valence-corrected chi connectivity index (χ4v) is 4.24. The first kappa shape index (κ1) is 19.3. The van der Waals surface area contributed by atoms with E-state index < -0.39 is 10.0 Å². The minimum Gasteiger partial charge on any atom is -0.382 e. The molecule has 0 aliphatic carbocycles. The van der Waals surface area contributed by atoms with Crippen LogP contribution in [0.5, 0.6) is 0 Å². The monoisotopic (exact) mass is 359 g/mol. The Labute approximate surface area is 143 Å². The van der Waals surface area contributed by atoms with Crippen molar-refractivity contribution in [2.45, 2.75) is 19.3 Å². The molecular weight excluding hydrogens is 333 g/mol. The minimum absolute atomic E-state index is 0.0132.